The van der Waals surface area contributed by atoms with E-state index in [9.17, 15) is 4.39 Å². The van der Waals surface area contributed by atoms with Crippen molar-refractivity contribution in [1.29, 1.82) is 0 Å². The first-order chi connectivity index (χ1) is 8.29. The molecule has 0 aromatic heterocycles. The monoisotopic (exact) mass is 237 g/mol. The van der Waals surface area contributed by atoms with Gasteiger partial charge in [0.2, 0.25) is 0 Å². The topological polar surface area (TPSA) is 21.3 Å². The van der Waals surface area contributed by atoms with Crippen molar-refractivity contribution < 1.29 is 9.13 Å². The quantitative estimate of drug-likeness (QED) is 0.869. The molecule has 0 spiro atoms. The SMILES string of the molecule is CO[C@H]1CC[C@H](NCc2ccccc2F)CC1. The van der Waals surface area contributed by atoms with E-state index in [4.69, 9.17) is 4.74 Å². The van der Waals surface area contributed by atoms with Crippen molar-refractivity contribution in [3.63, 3.8) is 0 Å². The van der Waals surface area contributed by atoms with Crippen molar-refractivity contribution in [2.24, 2.45) is 0 Å². The minimum absolute atomic E-state index is 0.120. The van der Waals surface area contributed by atoms with Crippen LogP contribution in [0.25, 0.3) is 0 Å². The zero-order valence-electron chi connectivity index (χ0n) is 10.3. The summed E-state index contributed by atoms with van der Waals surface area (Å²) in [6.45, 7) is 0.620. The number of benzene rings is 1. The standard InChI is InChI=1S/C14H20FNO/c1-17-13-8-6-12(7-9-13)16-10-11-4-2-3-5-14(11)15/h2-5,12-13,16H,6-10H2,1H3/t12-,13-. The van der Waals surface area contributed by atoms with Crippen LogP contribution in [-0.4, -0.2) is 19.3 Å². The van der Waals surface area contributed by atoms with E-state index in [1.807, 2.05) is 12.1 Å². The Kier molecular flexibility index (Phi) is 4.51. The van der Waals surface area contributed by atoms with E-state index in [1.54, 1.807) is 13.2 Å². The number of hydrogen-bond donors (Lipinski definition) is 1. The van der Waals surface area contributed by atoms with Crippen LogP contribution in [0.4, 0.5) is 4.39 Å². The zero-order chi connectivity index (χ0) is 12.1. The molecular formula is C14H20FNO. The second-order valence-corrected chi connectivity index (χ2v) is 4.68. The van der Waals surface area contributed by atoms with Gasteiger partial charge in [-0.25, -0.2) is 4.39 Å². The summed E-state index contributed by atoms with van der Waals surface area (Å²) < 4.78 is 18.7. The fourth-order valence-electron chi connectivity index (χ4n) is 2.40. The fourth-order valence-corrected chi connectivity index (χ4v) is 2.40. The van der Waals surface area contributed by atoms with Gasteiger partial charge in [0.25, 0.3) is 0 Å². The third kappa shape index (κ3) is 3.51. The molecule has 0 bridgehead atoms. The Labute approximate surface area is 102 Å². The van der Waals surface area contributed by atoms with E-state index < -0.39 is 0 Å². The van der Waals surface area contributed by atoms with Gasteiger partial charge in [-0.2, -0.15) is 0 Å². The van der Waals surface area contributed by atoms with Gasteiger partial charge >= 0.3 is 0 Å². The van der Waals surface area contributed by atoms with Crippen LogP contribution in [0.15, 0.2) is 24.3 Å². The van der Waals surface area contributed by atoms with Crippen LogP contribution in [0.3, 0.4) is 0 Å². The normalized spacial score (nSPS) is 24.8. The van der Waals surface area contributed by atoms with Gasteiger partial charge in [-0.05, 0) is 31.7 Å². The van der Waals surface area contributed by atoms with Crippen molar-refractivity contribution in [2.45, 2.75) is 44.4 Å². The third-order valence-corrected chi connectivity index (χ3v) is 3.55. The molecule has 1 aromatic rings. The first-order valence-electron chi connectivity index (χ1n) is 6.29. The molecule has 0 radical (unpaired) electrons. The molecule has 0 aliphatic heterocycles. The third-order valence-electron chi connectivity index (χ3n) is 3.55. The lowest BCUT2D eigenvalue weighted by molar-refractivity contribution is 0.0623. The summed E-state index contributed by atoms with van der Waals surface area (Å²) in [5.74, 6) is -0.120. The van der Waals surface area contributed by atoms with E-state index in [1.165, 1.54) is 6.07 Å². The molecule has 0 amide bonds. The molecule has 1 aliphatic rings. The molecule has 1 saturated carbocycles. The van der Waals surface area contributed by atoms with Crippen molar-refractivity contribution in [1.82, 2.24) is 5.32 Å². The fraction of sp³-hybridized carbons (Fsp3) is 0.571. The Balaban J connectivity index is 1.78. The minimum atomic E-state index is -0.120. The molecule has 0 heterocycles. The van der Waals surface area contributed by atoms with Crippen LogP contribution < -0.4 is 5.32 Å². The molecule has 17 heavy (non-hydrogen) atoms. The molecule has 1 aliphatic carbocycles. The Bertz CT molecular complexity index is 348. The van der Waals surface area contributed by atoms with Crippen LogP contribution in [0, 0.1) is 5.82 Å². The molecule has 0 atom stereocenters. The number of halogens is 1. The molecule has 2 nitrogen and oxygen atoms in total. The number of ether oxygens (including phenoxy) is 1. The first kappa shape index (κ1) is 12.5. The van der Waals surface area contributed by atoms with Crippen molar-refractivity contribution in [2.75, 3.05) is 7.11 Å². The van der Waals surface area contributed by atoms with Crippen molar-refractivity contribution in [3.8, 4) is 0 Å². The smallest absolute Gasteiger partial charge is 0.127 e. The van der Waals surface area contributed by atoms with Crippen molar-refractivity contribution >= 4 is 0 Å². The maximum absolute atomic E-state index is 13.4. The lowest BCUT2D eigenvalue weighted by atomic mass is 9.93. The maximum Gasteiger partial charge on any atom is 0.127 e. The van der Waals surface area contributed by atoms with Gasteiger partial charge in [-0.15, -0.1) is 0 Å². The highest BCUT2D eigenvalue weighted by molar-refractivity contribution is 5.17. The Morgan fingerprint density at radius 2 is 1.94 bits per heavy atom. The number of nitrogens with one attached hydrogen (secondary N) is 1. The average Bonchev–Trinajstić information content (AvgIpc) is 2.38. The van der Waals surface area contributed by atoms with E-state index in [0.29, 0.717) is 18.7 Å². The highest BCUT2D eigenvalue weighted by Gasteiger charge is 2.20. The summed E-state index contributed by atoms with van der Waals surface area (Å²) in [6.07, 6.45) is 4.86. The number of methoxy groups -OCH3 is 1. The zero-order valence-corrected chi connectivity index (χ0v) is 10.3. The van der Waals surface area contributed by atoms with Crippen LogP contribution in [0.5, 0.6) is 0 Å². The summed E-state index contributed by atoms with van der Waals surface area (Å²) in [5, 5.41) is 3.43. The van der Waals surface area contributed by atoms with Crippen LogP contribution >= 0.6 is 0 Å². The lowest BCUT2D eigenvalue weighted by Crippen LogP contribution is -2.34. The molecule has 0 saturated heterocycles. The molecule has 1 fully saturated rings. The van der Waals surface area contributed by atoms with E-state index >= 15 is 0 Å². The van der Waals surface area contributed by atoms with Crippen LogP contribution in [-0.2, 0) is 11.3 Å². The second-order valence-electron chi connectivity index (χ2n) is 4.68. The largest absolute Gasteiger partial charge is 0.381 e. The second kappa shape index (κ2) is 6.12. The summed E-state index contributed by atoms with van der Waals surface area (Å²) in [4.78, 5) is 0. The average molecular weight is 237 g/mol. The summed E-state index contributed by atoms with van der Waals surface area (Å²) in [7, 11) is 1.78. The highest BCUT2D eigenvalue weighted by Crippen LogP contribution is 2.21. The highest BCUT2D eigenvalue weighted by atomic mass is 19.1. The summed E-state index contributed by atoms with van der Waals surface area (Å²) in [5.41, 5.74) is 0.751. The lowest BCUT2D eigenvalue weighted by Gasteiger charge is -2.28. The molecule has 3 heteroatoms. The molecule has 94 valence electrons. The number of hydrogen-bond acceptors (Lipinski definition) is 2. The summed E-state index contributed by atoms with van der Waals surface area (Å²) >= 11 is 0. The predicted molar refractivity (Wildman–Crippen MR) is 66.3 cm³/mol. The van der Waals surface area contributed by atoms with E-state index in [0.717, 1.165) is 31.2 Å². The van der Waals surface area contributed by atoms with Crippen LogP contribution in [0.1, 0.15) is 31.2 Å². The predicted octanol–water partition coefficient (Wildman–Crippen LogP) is 2.87. The maximum atomic E-state index is 13.4. The van der Waals surface area contributed by atoms with Crippen LogP contribution in [0.2, 0.25) is 0 Å². The minimum Gasteiger partial charge on any atom is -0.381 e. The number of rotatable bonds is 4. The van der Waals surface area contributed by atoms with Gasteiger partial charge in [-0.1, -0.05) is 18.2 Å². The Morgan fingerprint density at radius 1 is 1.24 bits per heavy atom. The van der Waals surface area contributed by atoms with Crippen molar-refractivity contribution in [3.05, 3.63) is 35.6 Å². The molecular weight excluding hydrogens is 217 g/mol. The molecule has 1 N–H and O–H groups in total. The van der Waals surface area contributed by atoms with E-state index in [-0.39, 0.29) is 5.82 Å². The molecule has 2 rings (SSSR count). The Hall–Kier alpha value is -0.930. The Morgan fingerprint density at radius 3 is 2.59 bits per heavy atom. The van der Waals surface area contributed by atoms with Gasteiger partial charge in [0.15, 0.2) is 0 Å². The molecule has 1 aromatic carbocycles. The first-order valence-corrected chi connectivity index (χ1v) is 6.29. The summed E-state index contributed by atoms with van der Waals surface area (Å²) in [6, 6.07) is 7.45. The van der Waals surface area contributed by atoms with Gasteiger partial charge in [0, 0.05) is 25.3 Å². The van der Waals surface area contributed by atoms with Gasteiger partial charge < -0.3 is 10.1 Å². The van der Waals surface area contributed by atoms with Gasteiger partial charge in [0.1, 0.15) is 5.82 Å². The van der Waals surface area contributed by atoms with E-state index in [2.05, 4.69) is 5.32 Å². The van der Waals surface area contributed by atoms with Gasteiger partial charge in [0.05, 0.1) is 6.10 Å². The van der Waals surface area contributed by atoms with Gasteiger partial charge in [-0.3, -0.25) is 0 Å². The molecule has 0 unspecified atom stereocenters.